The van der Waals surface area contributed by atoms with Gasteiger partial charge in [0.05, 0.1) is 11.8 Å². The number of nitrogens with one attached hydrogen (secondary N) is 1. The number of primary amides is 1. The van der Waals surface area contributed by atoms with Crippen molar-refractivity contribution in [2.24, 2.45) is 17.6 Å². The fourth-order valence-electron chi connectivity index (χ4n) is 4.83. The van der Waals surface area contributed by atoms with Crippen LogP contribution in [0.5, 0.6) is 0 Å². The summed E-state index contributed by atoms with van der Waals surface area (Å²) in [4.78, 5) is 41.4. The maximum absolute atomic E-state index is 13.1. The molecule has 4 rings (SSSR count). The highest BCUT2D eigenvalue weighted by Crippen LogP contribution is 2.30. The SMILES string of the molecule is Cc1cccc(N2CC(C(=O)Nc3ccccc3CN3CCCC(C(N)=O)C3)CC2=O)c1C. The van der Waals surface area contributed by atoms with E-state index in [0.29, 0.717) is 19.6 Å². The number of benzene rings is 2. The van der Waals surface area contributed by atoms with E-state index in [4.69, 9.17) is 5.73 Å². The zero-order valence-corrected chi connectivity index (χ0v) is 19.3. The topological polar surface area (TPSA) is 95.7 Å². The predicted octanol–water partition coefficient (Wildman–Crippen LogP) is 2.99. The zero-order chi connectivity index (χ0) is 23.5. The van der Waals surface area contributed by atoms with E-state index in [9.17, 15) is 14.4 Å². The van der Waals surface area contributed by atoms with E-state index in [-0.39, 0.29) is 30.1 Å². The van der Waals surface area contributed by atoms with Gasteiger partial charge in [0.2, 0.25) is 17.7 Å². The molecular weight excluding hydrogens is 416 g/mol. The molecule has 2 aliphatic rings. The van der Waals surface area contributed by atoms with Crippen LogP contribution >= 0.6 is 0 Å². The van der Waals surface area contributed by atoms with Crippen LogP contribution in [0.2, 0.25) is 0 Å². The Morgan fingerprint density at radius 1 is 1.06 bits per heavy atom. The van der Waals surface area contributed by atoms with Crippen LogP contribution in [-0.4, -0.2) is 42.3 Å². The molecule has 0 radical (unpaired) electrons. The Morgan fingerprint density at radius 3 is 2.64 bits per heavy atom. The van der Waals surface area contributed by atoms with E-state index < -0.39 is 5.92 Å². The number of anilines is 2. The molecule has 0 saturated carbocycles. The van der Waals surface area contributed by atoms with Crippen molar-refractivity contribution in [2.75, 3.05) is 29.9 Å². The first-order chi connectivity index (χ1) is 15.8. The van der Waals surface area contributed by atoms with Crippen molar-refractivity contribution in [1.82, 2.24) is 4.90 Å². The first kappa shape index (κ1) is 23.0. The summed E-state index contributed by atoms with van der Waals surface area (Å²) in [5.74, 6) is -0.943. The molecule has 3 N–H and O–H groups in total. The second kappa shape index (κ2) is 9.75. The number of aryl methyl sites for hydroxylation is 1. The standard InChI is InChI=1S/C26H32N4O3/c1-17-7-5-11-23(18(17)2)30-16-21(13-24(30)31)26(33)28-22-10-4-3-8-19(22)14-29-12-6-9-20(15-29)25(27)32/h3-5,7-8,10-11,20-21H,6,9,12-16H2,1-2H3,(H2,27,32)(H,28,33). The molecule has 0 aromatic heterocycles. The third-order valence-corrected chi connectivity index (χ3v) is 6.94. The first-order valence-corrected chi connectivity index (χ1v) is 11.6. The second-order valence-corrected chi connectivity index (χ2v) is 9.25. The van der Waals surface area contributed by atoms with Gasteiger partial charge in [-0.1, -0.05) is 30.3 Å². The van der Waals surface area contributed by atoms with Gasteiger partial charge < -0.3 is 16.0 Å². The van der Waals surface area contributed by atoms with E-state index in [1.165, 1.54) is 0 Å². The van der Waals surface area contributed by atoms with Gasteiger partial charge in [0.15, 0.2) is 0 Å². The summed E-state index contributed by atoms with van der Waals surface area (Å²) in [6.45, 7) is 6.58. The highest BCUT2D eigenvalue weighted by Gasteiger charge is 2.36. The number of nitrogens with two attached hydrogens (primary N) is 1. The third kappa shape index (κ3) is 5.09. The van der Waals surface area contributed by atoms with Crippen molar-refractivity contribution in [2.45, 2.75) is 39.7 Å². The minimum Gasteiger partial charge on any atom is -0.369 e. The monoisotopic (exact) mass is 448 g/mol. The fraction of sp³-hybridized carbons (Fsp3) is 0.423. The van der Waals surface area contributed by atoms with E-state index in [1.807, 2.05) is 56.3 Å². The number of hydrogen-bond donors (Lipinski definition) is 2. The summed E-state index contributed by atoms with van der Waals surface area (Å²) in [7, 11) is 0. The van der Waals surface area contributed by atoms with Crippen LogP contribution in [0.25, 0.3) is 0 Å². The lowest BCUT2D eigenvalue weighted by Crippen LogP contribution is -2.40. The lowest BCUT2D eigenvalue weighted by atomic mass is 9.97. The normalized spacial score (nSPS) is 21.3. The molecule has 7 heteroatoms. The average molecular weight is 449 g/mol. The van der Waals surface area contributed by atoms with Crippen molar-refractivity contribution in [3.05, 3.63) is 59.2 Å². The Balaban J connectivity index is 1.43. The summed E-state index contributed by atoms with van der Waals surface area (Å²) in [5.41, 5.74) is 10.3. The van der Waals surface area contributed by atoms with Gasteiger partial charge in [-0.3, -0.25) is 19.3 Å². The lowest BCUT2D eigenvalue weighted by Gasteiger charge is -2.31. The smallest absolute Gasteiger partial charge is 0.229 e. The van der Waals surface area contributed by atoms with Crippen LogP contribution in [0.4, 0.5) is 11.4 Å². The van der Waals surface area contributed by atoms with Crippen molar-refractivity contribution in [1.29, 1.82) is 0 Å². The average Bonchev–Trinajstić information content (AvgIpc) is 3.18. The Kier molecular flexibility index (Phi) is 6.79. The van der Waals surface area contributed by atoms with E-state index >= 15 is 0 Å². The summed E-state index contributed by atoms with van der Waals surface area (Å²) in [6, 6.07) is 13.6. The molecule has 2 atom stereocenters. The van der Waals surface area contributed by atoms with Gasteiger partial charge in [0.25, 0.3) is 0 Å². The molecule has 2 saturated heterocycles. The number of likely N-dealkylation sites (tertiary alicyclic amines) is 1. The maximum Gasteiger partial charge on any atom is 0.229 e. The van der Waals surface area contributed by atoms with Crippen LogP contribution in [-0.2, 0) is 20.9 Å². The van der Waals surface area contributed by atoms with Gasteiger partial charge in [0, 0.05) is 37.4 Å². The highest BCUT2D eigenvalue weighted by molar-refractivity contribution is 6.04. The molecule has 2 aromatic carbocycles. The largest absolute Gasteiger partial charge is 0.369 e. The van der Waals surface area contributed by atoms with Crippen LogP contribution in [0, 0.1) is 25.7 Å². The van der Waals surface area contributed by atoms with E-state index in [2.05, 4.69) is 10.2 Å². The van der Waals surface area contributed by atoms with Gasteiger partial charge >= 0.3 is 0 Å². The third-order valence-electron chi connectivity index (χ3n) is 6.94. The minimum atomic E-state index is -0.403. The van der Waals surface area contributed by atoms with Crippen molar-refractivity contribution >= 4 is 29.1 Å². The molecule has 0 aliphatic carbocycles. The van der Waals surface area contributed by atoms with Crippen LogP contribution in [0.1, 0.15) is 36.0 Å². The number of piperidine rings is 1. The molecule has 3 amide bonds. The number of carbonyl (C=O) groups is 3. The number of rotatable bonds is 6. The van der Waals surface area contributed by atoms with Crippen LogP contribution in [0.3, 0.4) is 0 Å². The summed E-state index contributed by atoms with van der Waals surface area (Å²) < 4.78 is 0. The number of nitrogens with zero attached hydrogens (tertiary/aromatic N) is 2. The van der Waals surface area contributed by atoms with Crippen molar-refractivity contribution < 1.29 is 14.4 Å². The molecule has 2 aliphatic heterocycles. The lowest BCUT2D eigenvalue weighted by molar-refractivity contribution is -0.123. The molecule has 0 bridgehead atoms. The van der Waals surface area contributed by atoms with Gasteiger partial charge in [0.1, 0.15) is 0 Å². The molecule has 33 heavy (non-hydrogen) atoms. The zero-order valence-electron chi connectivity index (χ0n) is 19.3. The summed E-state index contributed by atoms with van der Waals surface area (Å²) >= 11 is 0. The first-order valence-electron chi connectivity index (χ1n) is 11.6. The molecule has 0 spiro atoms. The number of carbonyl (C=O) groups excluding carboxylic acids is 3. The van der Waals surface area contributed by atoms with E-state index in [0.717, 1.165) is 47.5 Å². The maximum atomic E-state index is 13.1. The van der Waals surface area contributed by atoms with E-state index in [1.54, 1.807) is 4.90 Å². The minimum absolute atomic E-state index is 0.0251. The van der Waals surface area contributed by atoms with Crippen molar-refractivity contribution in [3.8, 4) is 0 Å². The fourth-order valence-corrected chi connectivity index (χ4v) is 4.83. The molecule has 2 heterocycles. The molecule has 7 nitrogen and oxygen atoms in total. The Labute approximate surface area is 194 Å². The molecule has 2 aromatic rings. The molecule has 2 fully saturated rings. The predicted molar refractivity (Wildman–Crippen MR) is 129 cm³/mol. The number of amides is 3. The molecular formula is C26H32N4O3. The summed E-state index contributed by atoms with van der Waals surface area (Å²) in [5, 5.41) is 3.06. The Hall–Kier alpha value is -3.19. The van der Waals surface area contributed by atoms with Crippen LogP contribution < -0.4 is 16.0 Å². The quantitative estimate of drug-likeness (QED) is 0.710. The van der Waals surface area contributed by atoms with Gasteiger partial charge in [-0.05, 0) is 62.1 Å². The van der Waals surface area contributed by atoms with Gasteiger partial charge in [-0.2, -0.15) is 0 Å². The highest BCUT2D eigenvalue weighted by atomic mass is 16.2. The van der Waals surface area contributed by atoms with Crippen LogP contribution in [0.15, 0.2) is 42.5 Å². The van der Waals surface area contributed by atoms with Crippen molar-refractivity contribution in [3.63, 3.8) is 0 Å². The van der Waals surface area contributed by atoms with Gasteiger partial charge in [-0.15, -0.1) is 0 Å². The molecule has 2 unspecified atom stereocenters. The molecule has 174 valence electrons. The number of hydrogen-bond acceptors (Lipinski definition) is 4. The second-order valence-electron chi connectivity index (χ2n) is 9.25. The summed E-state index contributed by atoms with van der Waals surface area (Å²) in [6.07, 6.45) is 1.96. The Bertz CT molecular complexity index is 1070. The van der Waals surface area contributed by atoms with Gasteiger partial charge in [-0.25, -0.2) is 0 Å². The Morgan fingerprint density at radius 2 is 1.85 bits per heavy atom. The number of para-hydroxylation sites is 1.